The summed E-state index contributed by atoms with van der Waals surface area (Å²) in [6.45, 7) is 6.24. The monoisotopic (exact) mass is 603 g/mol. The van der Waals surface area contributed by atoms with Gasteiger partial charge in [0.15, 0.2) is 0 Å². The molecule has 4 aromatic carbocycles. The highest BCUT2D eigenvalue weighted by Crippen LogP contribution is 2.32. The Morgan fingerprint density at radius 2 is 1.49 bits per heavy atom. The lowest BCUT2D eigenvalue weighted by Gasteiger charge is -2.30. The second kappa shape index (κ2) is 11.0. The molecule has 6 nitrogen and oxygen atoms in total. The number of fused-ring (bicyclic) bond motifs is 2. The number of para-hydroxylation sites is 1. The van der Waals surface area contributed by atoms with Gasteiger partial charge in [0, 0.05) is 16.4 Å². The molecule has 1 heterocycles. The van der Waals surface area contributed by atoms with E-state index < -0.39 is 16.1 Å². The molecule has 8 heteroatoms. The first-order chi connectivity index (χ1) is 18.7. The molecular weight excluding hydrogens is 574 g/mol. The molecule has 5 aromatic rings. The third kappa shape index (κ3) is 5.29. The smallest absolute Gasteiger partial charge is 0.266 e. The normalized spacial score (nSPS) is 13.0. The SMILES string of the molecule is CC(C)CCN(C(C)c1nc2ccccc2c(=O)n1-c1ccc(Br)cc1)S(=O)(=O)c1cccc2ccccc12. The Morgan fingerprint density at radius 3 is 2.21 bits per heavy atom. The van der Waals surface area contributed by atoms with Crippen LogP contribution < -0.4 is 5.56 Å². The summed E-state index contributed by atoms with van der Waals surface area (Å²) in [4.78, 5) is 19.0. The molecule has 0 fully saturated rings. The van der Waals surface area contributed by atoms with Crippen LogP contribution in [-0.4, -0.2) is 28.8 Å². The van der Waals surface area contributed by atoms with Crippen LogP contribution in [-0.2, 0) is 10.0 Å². The Hall–Kier alpha value is -3.33. The van der Waals surface area contributed by atoms with E-state index >= 15 is 0 Å². The van der Waals surface area contributed by atoms with E-state index in [9.17, 15) is 13.2 Å². The number of benzene rings is 4. The van der Waals surface area contributed by atoms with Crippen LogP contribution in [0.1, 0.15) is 39.1 Å². The number of hydrogen-bond acceptors (Lipinski definition) is 4. The van der Waals surface area contributed by atoms with Gasteiger partial charge in [0.25, 0.3) is 5.56 Å². The minimum Gasteiger partial charge on any atom is -0.268 e. The van der Waals surface area contributed by atoms with E-state index in [1.807, 2.05) is 67.6 Å². The molecule has 0 bridgehead atoms. The van der Waals surface area contributed by atoms with Gasteiger partial charge in [-0.15, -0.1) is 0 Å². The summed E-state index contributed by atoms with van der Waals surface area (Å²) >= 11 is 3.46. The molecule has 0 N–H and O–H groups in total. The minimum atomic E-state index is -3.97. The highest BCUT2D eigenvalue weighted by molar-refractivity contribution is 9.10. The molecule has 200 valence electrons. The first kappa shape index (κ1) is 27.2. The van der Waals surface area contributed by atoms with Gasteiger partial charge < -0.3 is 0 Å². The van der Waals surface area contributed by atoms with Crippen LogP contribution in [0.3, 0.4) is 0 Å². The second-order valence-corrected chi connectivity index (χ2v) is 12.8. The van der Waals surface area contributed by atoms with Crippen LogP contribution in [0.4, 0.5) is 0 Å². The average molecular weight is 605 g/mol. The van der Waals surface area contributed by atoms with Gasteiger partial charge in [-0.25, -0.2) is 13.4 Å². The number of rotatable bonds is 8. The van der Waals surface area contributed by atoms with Crippen LogP contribution in [0, 0.1) is 5.92 Å². The van der Waals surface area contributed by atoms with Gasteiger partial charge in [0.05, 0.1) is 27.5 Å². The molecule has 0 amide bonds. The zero-order valence-corrected chi connectivity index (χ0v) is 24.5. The predicted octanol–water partition coefficient (Wildman–Crippen LogP) is 7.10. The van der Waals surface area contributed by atoms with Crippen molar-refractivity contribution < 1.29 is 8.42 Å². The summed E-state index contributed by atoms with van der Waals surface area (Å²) in [6, 6.07) is 26.6. The quantitative estimate of drug-likeness (QED) is 0.190. The number of aromatic nitrogens is 2. The van der Waals surface area contributed by atoms with Crippen molar-refractivity contribution in [1.29, 1.82) is 0 Å². The molecule has 0 spiro atoms. The Labute approximate surface area is 237 Å². The third-order valence-corrected chi connectivity index (χ3v) is 9.51. The fourth-order valence-corrected chi connectivity index (χ4v) is 6.94. The Kier molecular flexibility index (Phi) is 7.71. The van der Waals surface area contributed by atoms with Crippen LogP contribution in [0.2, 0.25) is 0 Å². The van der Waals surface area contributed by atoms with Gasteiger partial charge in [-0.3, -0.25) is 9.36 Å². The first-order valence-corrected chi connectivity index (χ1v) is 15.2. The summed E-state index contributed by atoms with van der Waals surface area (Å²) in [5.41, 5.74) is 0.912. The molecule has 1 atom stereocenters. The molecule has 0 aliphatic carbocycles. The van der Waals surface area contributed by atoms with Gasteiger partial charge in [-0.2, -0.15) is 4.31 Å². The molecule has 0 radical (unpaired) electrons. The zero-order chi connectivity index (χ0) is 27.7. The molecule has 0 saturated carbocycles. The maximum atomic E-state index is 14.4. The summed E-state index contributed by atoms with van der Waals surface area (Å²) in [6.07, 6.45) is 0.657. The molecule has 0 aliphatic heterocycles. The van der Waals surface area contributed by atoms with Crippen LogP contribution in [0.25, 0.3) is 27.4 Å². The number of hydrogen-bond donors (Lipinski definition) is 0. The largest absolute Gasteiger partial charge is 0.268 e. The topological polar surface area (TPSA) is 72.3 Å². The number of nitrogens with zero attached hydrogens (tertiary/aromatic N) is 3. The lowest BCUT2D eigenvalue weighted by molar-refractivity contribution is 0.309. The second-order valence-electron chi connectivity index (χ2n) is 10.1. The van der Waals surface area contributed by atoms with E-state index in [1.165, 1.54) is 4.31 Å². The first-order valence-electron chi connectivity index (χ1n) is 13.0. The summed E-state index contributed by atoms with van der Waals surface area (Å²) in [5, 5.41) is 1.99. The van der Waals surface area contributed by atoms with Gasteiger partial charge in [0.1, 0.15) is 5.82 Å². The van der Waals surface area contributed by atoms with Crippen molar-refractivity contribution in [2.45, 2.75) is 38.1 Å². The Morgan fingerprint density at radius 1 is 0.846 bits per heavy atom. The van der Waals surface area contributed by atoms with E-state index in [0.29, 0.717) is 34.2 Å². The standard InChI is InChI=1S/C31H30BrN3O3S/c1-21(2)19-20-34(39(37,38)29-14-8-10-23-9-4-5-11-26(23)29)22(3)30-33-28-13-7-6-12-27(28)31(36)35(30)25-17-15-24(32)16-18-25/h4-18,21-22H,19-20H2,1-3H3. The Bertz CT molecular complexity index is 1810. The molecule has 0 saturated heterocycles. The van der Waals surface area contributed by atoms with Gasteiger partial charge >= 0.3 is 0 Å². The molecule has 1 unspecified atom stereocenters. The lowest BCUT2D eigenvalue weighted by atomic mass is 10.1. The summed E-state index contributed by atoms with van der Waals surface area (Å²) in [5.74, 6) is 0.647. The molecule has 5 rings (SSSR count). The van der Waals surface area contributed by atoms with Crippen molar-refractivity contribution in [3.8, 4) is 5.69 Å². The molecular formula is C31H30BrN3O3S. The van der Waals surface area contributed by atoms with E-state index in [-0.39, 0.29) is 22.9 Å². The zero-order valence-electron chi connectivity index (χ0n) is 22.1. The van der Waals surface area contributed by atoms with Crippen molar-refractivity contribution in [2.24, 2.45) is 5.92 Å². The maximum Gasteiger partial charge on any atom is 0.266 e. The van der Waals surface area contributed by atoms with E-state index in [1.54, 1.807) is 34.9 Å². The predicted molar refractivity (Wildman–Crippen MR) is 161 cm³/mol. The van der Waals surface area contributed by atoms with Crippen molar-refractivity contribution in [3.63, 3.8) is 0 Å². The highest BCUT2D eigenvalue weighted by Gasteiger charge is 2.34. The third-order valence-electron chi connectivity index (χ3n) is 6.96. The van der Waals surface area contributed by atoms with Crippen molar-refractivity contribution in [2.75, 3.05) is 6.54 Å². The van der Waals surface area contributed by atoms with E-state index in [2.05, 4.69) is 29.8 Å². The van der Waals surface area contributed by atoms with E-state index in [4.69, 9.17) is 4.98 Å². The lowest BCUT2D eigenvalue weighted by Crippen LogP contribution is -2.38. The van der Waals surface area contributed by atoms with Crippen LogP contribution in [0.15, 0.2) is 105 Å². The molecule has 1 aromatic heterocycles. The van der Waals surface area contributed by atoms with Gasteiger partial charge in [0.2, 0.25) is 10.0 Å². The average Bonchev–Trinajstić information content (AvgIpc) is 2.93. The summed E-state index contributed by atoms with van der Waals surface area (Å²) < 4.78 is 32.8. The fraction of sp³-hybridized carbons (Fsp3) is 0.226. The summed E-state index contributed by atoms with van der Waals surface area (Å²) in [7, 11) is -3.97. The van der Waals surface area contributed by atoms with Gasteiger partial charge in [-0.05, 0) is 67.1 Å². The Balaban J connectivity index is 1.74. The maximum absolute atomic E-state index is 14.4. The van der Waals surface area contributed by atoms with Crippen molar-refractivity contribution in [1.82, 2.24) is 13.9 Å². The van der Waals surface area contributed by atoms with Crippen molar-refractivity contribution in [3.05, 3.63) is 112 Å². The fourth-order valence-electron chi connectivity index (χ4n) is 4.85. The molecule has 0 aliphatic rings. The van der Waals surface area contributed by atoms with Crippen LogP contribution >= 0.6 is 15.9 Å². The van der Waals surface area contributed by atoms with Crippen molar-refractivity contribution >= 4 is 47.6 Å². The number of sulfonamides is 1. The van der Waals surface area contributed by atoms with Gasteiger partial charge in [-0.1, -0.05) is 78.3 Å². The van der Waals surface area contributed by atoms with E-state index in [0.717, 1.165) is 9.86 Å². The highest BCUT2D eigenvalue weighted by atomic mass is 79.9. The minimum absolute atomic E-state index is 0.240. The number of halogens is 1. The molecule has 39 heavy (non-hydrogen) atoms. The van der Waals surface area contributed by atoms with Crippen LogP contribution in [0.5, 0.6) is 0 Å².